The molecule has 4 aromatic rings. The summed E-state index contributed by atoms with van der Waals surface area (Å²) < 4.78 is 5.12. The maximum atomic E-state index is 13.2. The first-order valence-corrected chi connectivity index (χ1v) is 11.3. The molecule has 0 atom stereocenters. The summed E-state index contributed by atoms with van der Waals surface area (Å²) in [6.07, 6.45) is 1.58. The number of aromatic nitrogens is 2. The minimum atomic E-state index is -0.479. The van der Waals surface area contributed by atoms with Gasteiger partial charge in [-0.1, -0.05) is 55.6 Å². The molecule has 156 valence electrons. The smallest absolute Gasteiger partial charge is 0.284 e. The summed E-state index contributed by atoms with van der Waals surface area (Å²) in [6.45, 7) is 0.423. The van der Waals surface area contributed by atoms with Crippen molar-refractivity contribution in [2.75, 3.05) is 5.32 Å². The second kappa shape index (κ2) is 9.26. The Bertz CT molecular complexity index is 1280. The van der Waals surface area contributed by atoms with E-state index in [0.717, 1.165) is 14.5 Å². The second-order valence-corrected chi connectivity index (χ2v) is 9.09. The van der Waals surface area contributed by atoms with Crippen LogP contribution in [-0.2, 0) is 6.54 Å². The molecule has 1 aromatic heterocycles. The van der Waals surface area contributed by atoms with Crippen LogP contribution >= 0.6 is 43.5 Å². The number of hydrogen-bond acceptors (Lipinski definition) is 2. The average molecular weight is 562 g/mol. The van der Waals surface area contributed by atoms with Crippen molar-refractivity contribution in [3.05, 3.63) is 114 Å². The first-order valence-electron chi connectivity index (χ1n) is 9.30. The van der Waals surface area contributed by atoms with Gasteiger partial charge < -0.3 is 5.32 Å². The summed E-state index contributed by atoms with van der Waals surface area (Å²) in [4.78, 5) is 26.1. The molecule has 1 amide bonds. The van der Waals surface area contributed by atoms with Gasteiger partial charge in [-0.25, -0.2) is 4.68 Å². The van der Waals surface area contributed by atoms with Crippen LogP contribution in [0.2, 0.25) is 5.02 Å². The van der Waals surface area contributed by atoms with Gasteiger partial charge in [-0.15, -0.1) is 0 Å². The van der Waals surface area contributed by atoms with Crippen molar-refractivity contribution in [1.82, 2.24) is 9.36 Å². The minimum absolute atomic E-state index is 0.0509. The third-order valence-corrected chi connectivity index (χ3v) is 5.94. The molecule has 0 radical (unpaired) electrons. The third-order valence-electron chi connectivity index (χ3n) is 4.63. The fourth-order valence-corrected chi connectivity index (χ4v) is 3.78. The van der Waals surface area contributed by atoms with Crippen molar-refractivity contribution in [3.8, 4) is 5.69 Å². The van der Waals surface area contributed by atoms with E-state index in [2.05, 4.69) is 37.2 Å². The summed E-state index contributed by atoms with van der Waals surface area (Å²) >= 11 is 12.8. The van der Waals surface area contributed by atoms with E-state index in [1.165, 1.54) is 4.68 Å². The van der Waals surface area contributed by atoms with Crippen molar-refractivity contribution in [1.29, 1.82) is 0 Å². The molecule has 0 aliphatic rings. The predicted octanol–water partition coefficient (Wildman–Crippen LogP) is 6.12. The molecule has 31 heavy (non-hydrogen) atoms. The molecule has 0 unspecified atom stereocenters. The van der Waals surface area contributed by atoms with Gasteiger partial charge in [0, 0.05) is 25.9 Å². The van der Waals surface area contributed by atoms with Gasteiger partial charge >= 0.3 is 0 Å². The molecule has 8 heteroatoms. The standard InChI is InChI=1S/C23H16Br2ClN3O2/c24-16-3-1-15(2-4-16)13-28-14-21(22(30)27-19-9-7-18(26)8-10-19)23(31)29(28)20-11-5-17(25)6-12-20/h1-12,14H,13H2,(H,27,30). The summed E-state index contributed by atoms with van der Waals surface area (Å²) in [5.74, 6) is -0.479. The van der Waals surface area contributed by atoms with Crippen LogP contribution in [0.15, 0.2) is 92.7 Å². The number of amides is 1. The van der Waals surface area contributed by atoms with Crippen LogP contribution in [0.1, 0.15) is 15.9 Å². The Balaban J connectivity index is 1.74. The molecule has 0 saturated carbocycles. The van der Waals surface area contributed by atoms with Crippen molar-refractivity contribution in [2.45, 2.75) is 6.54 Å². The number of nitrogens with one attached hydrogen (secondary N) is 1. The summed E-state index contributed by atoms with van der Waals surface area (Å²) in [5, 5.41) is 3.33. The molecule has 0 aliphatic carbocycles. The van der Waals surface area contributed by atoms with Crippen LogP contribution in [0.5, 0.6) is 0 Å². The van der Waals surface area contributed by atoms with Gasteiger partial charge in [0.15, 0.2) is 0 Å². The largest absolute Gasteiger partial charge is 0.322 e. The molecular formula is C23H16Br2ClN3O2. The van der Waals surface area contributed by atoms with E-state index in [0.29, 0.717) is 22.9 Å². The second-order valence-electron chi connectivity index (χ2n) is 6.82. The van der Waals surface area contributed by atoms with Crippen LogP contribution in [0, 0.1) is 0 Å². The van der Waals surface area contributed by atoms with Crippen LogP contribution < -0.4 is 10.9 Å². The van der Waals surface area contributed by atoms with Gasteiger partial charge in [-0.3, -0.25) is 14.3 Å². The zero-order chi connectivity index (χ0) is 22.0. The van der Waals surface area contributed by atoms with E-state index in [9.17, 15) is 9.59 Å². The Labute approximate surface area is 200 Å². The van der Waals surface area contributed by atoms with Crippen molar-refractivity contribution < 1.29 is 4.79 Å². The molecule has 0 saturated heterocycles. The first kappa shape index (κ1) is 21.6. The van der Waals surface area contributed by atoms with E-state index in [-0.39, 0.29) is 5.56 Å². The van der Waals surface area contributed by atoms with Crippen LogP contribution in [-0.4, -0.2) is 15.3 Å². The molecule has 0 aliphatic heterocycles. The lowest BCUT2D eigenvalue weighted by Crippen LogP contribution is -2.26. The summed E-state index contributed by atoms with van der Waals surface area (Å²) in [6, 6.07) is 21.9. The molecule has 0 fully saturated rings. The molecule has 1 N–H and O–H groups in total. The maximum absolute atomic E-state index is 13.2. The Morgan fingerprint density at radius 2 is 1.45 bits per heavy atom. The molecule has 0 bridgehead atoms. The number of hydrogen-bond donors (Lipinski definition) is 1. The van der Waals surface area contributed by atoms with Gasteiger partial charge in [0.05, 0.1) is 12.2 Å². The number of rotatable bonds is 5. The van der Waals surface area contributed by atoms with Gasteiger partial charge in [-0.05, 0) is 66.2 Å². The highest BCUT2D eigenvalue weighted by atomic mass is 79.9. The number of nitrogens with zero attached hydrogens (tertiary/aromatic N) is 2. The number of halogens is 3. The minimum Gasteiger partial charge on any atom is -0.322 e. The Morgan fingerprint density at radius 1 is 0.871 bits per heavy atom. The van der Waals surface area contributed by atoms with Gasteiger partial charge in [-0.2, -0.15) is 0 Å². The van der Waals surface area contributed by atoms with Gasteiger partial charge in [0.25, 0.3) is 11.5 Å². The molecule has 4 rings (SSSR count). The molecular weight excluding hydrogens is 546 g/mol. The highest BCUT2D eigenvalue weighted by Crippen LogP contribution is 2.17. The number of carbonyl (C=O) groups is 1. The molecule has 3 aromatic carbocycles. The molecule has 5 nitrogen and oxygen atoms in total. The highest BCUT2D eigenvalue weighted by Gasteiger charge is 2.19. The zero-order valence-corrected chi connectivity index (χ0v) is 20.0. The summed E-state index contributed by atoms with van der Waals surface area (Å²) in [7, 11) is 0. The van der Waals surface area contributed by atoms with Gasteiger partial charge in [0.1, 0.15) is 5.56 Å². The third kappa shape index (κ3) is 5.01. The Morgan fingerprint density at radius 3 is 2.06 bits per heavy atom. The van der Waals surface area contributed by atoms with E-state index in [1.54, 1.807) is 35.1 Å². The predicted molar refractivity (Wildman–Crippen MR) is 130 cm³/mol. The number of benzene rings is 3. The monoisotopic (exact) mass is 559 g/mol. The van der Waals surface area contributed by atoms with E-state index < -0.39 is 11.5 Å². The molecule has 1 heterocycles. The van der Waals surface area contributed by atoms with Crippen molar-refractivity contribution in [3.63, 3.8) is 0 Å². The quantitative estimate of drug-likeness (QED) is 0.319. The van der Waals surface area contributed by atoms with Crippen molar-refractivity contribution in [2.24, 2.45) is 0 Å². The van der Waals surface area contributed by atoms with Gasteiger partial charge in [0.2, 0.25) is 0 Å². The fraction of sp³-hybridized carbons (Fsp3) is 0.0435. The van der Waals surface area contributed by atoms with Crippen LogP contribution in [0.4, 0.5) is 5.69 Å². The summed E-state index contributed by atoms with van der Waals surface area (Å²) in [5.41, 5.74) is 1.87. The normalized spacial score (nSPS) is 10.8. The number of anilines is 1. The lowest BCUT2D eigenvalue weighted by atomic mass is 10.2. The molecule has 0 spiro atoms. The van der Waals surface area contributed by atoms with Crippen LogP contribution in [0.25, 0.3) is 5.69 Å². The van der Waals surface area contributed by atoms with E-state index in [4.69, 9.17) is 11.6 Å². The number of carbonyl (C=O) groups excluding carboxylic acids is 1. The zero-order valence-electron chi connectivity index (χ0n) is 16.1. The highest BCUT2D eigenvalue weighted by molar-refractivity contribution is 9.10. The van der Waals surface area contributed by atoms with Crippen molar-refractivity contribution >= 4 is 55.1 Å². The maximum Gasteiger partial charge on any atom is 0.284 e. The van der Waals surface area contributed by atoms with E-state index in [1.807, 2.05) is 48.5 Å². The first-order chi connectivity index (χ1) is 14.9. The lowest BCUT2D eigenvalue weighted by Gasteiger charge is -2.12. The average Bonchev–Trinajstić information content (AvgIpc) is 3.08. The fourth-order valence-electron chi connectivity index (χ4n) is 3.12. The van der Waals surface area contributed by atoms with Crippen LogP contribution in [0.3, 0.4) is 0 Å². The Hall–Kier alpha value is -2.61. The van der Waals surface area contributed by atoms with E-state index >= 15 is 0 Å². The Kier molecular flexibility index (Phi) is 6.46. The topological polar surface area (TPSA) is 56.0 Å². The lowest BCUT2D eigenvalue weighted by molar-refractivity contribution is 0.102. The SMILES string of the molecule is O=C(Nc1ccc(Cl)cc1)c1cn(Cc2ccc(Br)cc2)n(-c2ccc(Br)cc2)c1=O.